The van der Waals surface area contributed by atoms with Gasteiger partial charge in [-0.25, -0.2) is 8.78 Å². The van der Waals surface area contributed by atoms with Crippen LogP contribution in [0.5, 0.6) is 0 Å². The van der Waals surface area contributed by atoms with Gasteiger partial charge in [-0.2, -0.15) is 0 Å². The highest BCUT2D eigenvalue weighted by atomic mass is 19.1. The number of nitrogens with zero attached hydrogens (tertiary/aromatic N) is 2. The lowest BCUT2D eigenvalue weighted by Gasteiger charge is -2.50. The molecule has 3 aliphatic heterocycles. The summed E-state index contributed by atoms with van der Waals surface area (Å²) in [5.74, 6) is -1.00. The molecule has 3 aliphatic rings. The van der Waals surface area contributed by atoms with Crippen LogP contribution >= 0.6 is 0 Å². The predicted molar refractivity (Wildman–Crippen MR) is 74.6 cm³/mol. The normalized spacial score (nSPS) is 30.4. The van der Waals surface area contributed by atoms with Gasteiger partial charge in [0.2, 0.25) is 0 Å². The molecule has 3 heterocycles. The highest BCUT2D eigenvalue weighted by Gasteiger charge is 2.37. The van der Waals surface area contributed by atoms with E-state index < -0.39 is 11.6 Å². The van der Waals surface area contributed by atoms with Crippen molar-refractivity contribution < 1.29 is 8.78 Å². The Morgan fingerprint density at radius 1 is 1.15 bits per heavy atom. The van der Waals surface area contributed by atoms with Crippen molar-refractivity contribution in [2.24, 2.45) is 0 Å². The molecule has 0 aliphatic carbocycles. The summed E-state index contributed by atoms with van der Waals surface area (Å²) in [6, 6.07) is 4.11. The van der Waals surface area contributed by atoms with Crippen LogP contribution in [0.2, 0.25) is 0 Å². The quantitative estimate of drug-likeness (QED) is 0.904. The molecular formula is C15H21F2N3. The first-order chi connectivity index (χ1) is 9.67. The molecule has 0 radical (unpaired) electrons. The minimum Gasteiger partial charge on any atom is -0.309 e. The molecule has 0 spiro atoms. The van der Waals surface area contributed by atoms with E-state index in [2.05, 4.69) is 15.1 Å². The van der Waals surface area contributed by atoms with Crippen molar-refractivity contribution in [1.29, 1.82) is 0 Å². The van der Waals surface area contributed by atoms with Crippen molar-refractivity contribution in [3.8, 4) is 0 Å². The second-order valence-electron chi connectivity index (χ2n) is 5.64. The largest absolute Gasteiger partial charge is 0.309 e. The van der Waals surface area contributed by atoms with E-state index in [1.165, 1.54) is 12.1 Å². The fourth-order valence-electron chi connectivity index (χ4n) is 3.42. The van der Waals surface area contributed by atoms with E-state index >= 15 is 0 Å². The minimum absolute atomic E-state index is 0.0201. The van der Waals surface area contributed by atoms with E-state index in [9.17, 15) is 8.78 Å². The Morgan fingerprint density at radius 2 is 1.80 bits per heavy atom. The highest BCUT2D eigenvalue weighted by Crippen LogP contribution is 2.28. The van der Waals surface area contributed by atoms with Crippen LogP contribution in [0.25, 0.3) is 0 Å². The van der Waals surface area contributed by atoms with Crippen LogP contribution in [0.4, 0.5) is 8.78 Å². The second kappa shape index (κ2) is 5.76. The predicted octanol–water partition coefficient (Wildman–Crippen LogP) is 1.62. The van der Waals surface area contributed by atoms with Crippen LogP contribution < -0.4 is 5.32 Å². The SMILES string of the molecule is CCNC(c1cc(F)cc(F)c1)C1CN2CCN1CC2. The maximum Gasteiger partial charge on any atom is 0.126 e. The average Bonchev–Trinajstić information content (AvgIpc) is 2.45. The van der Waals surface area contributed by atoms with Gasteiger partial charge in [0.25, 0.3) is 0 Å². The summed E-state index contributed by atoms with van der Waals surface area (Å²) in [7, 11) is 0. The molecule has 3 fully saturated rings. The molecule has 110 valence electrons. The van der Waals surface area contributed by atoms with Gasteiger partial charge in [0.05, 0.1) is 0 Å². The lowest BCUT2D eigenvalue weighted by Crippen LogP contribution is -2.64. The van der Waals surface area contributed by atoms with E-state index in [-0.39, 0.29) is 6.04 Å². The molecule has 2 bridgehead atoms. The Labute approximate surface area is 118 Å². The molecule has 0 aromatic heterocycles. The Hall–Kier alpha value is -1.04. The van der Waals surface area contributed by atoms with Crippen molar-refractivity contribution in [3.63, 3.8) is 0 Å². The molecule has 1 aromatic rings. The number of halogens is 2. The Morgan fingerprint density at radius 3 is 2.30 bits per heavy atom. The summed E-state index contributed by atoms with van der Waals surface area (Å²) in [5, 5.41) is 3.41. The molecule has 2 unspecified atom stereocenters. The fraction of sp³-hybridized carbons (Fsp3) is 0.600. The van der Waals surface area contributed by atoms with E-state index in [4.69, 9.17) is 0 Å². The third kappa shape index (κ3) is 2.71. The molecule has 2 atom stereocenters. The number of rotatable bonds is 4. The number of benzene rings is 1. The molecule has 1 aromatic carbocycles. The summed E-state index contributed by atoms with van der Waals surface area (Å²) in [4.78, 5) is 4.88. The third-order valence-electron chi connectivity index (χ3n) is 4.37. The molecule has 0 amide bonds. The van der Waals surface area contributed by atoms with Crippen molar-refractivity contribution in [3.05, 3.63) is 35.4 Å². The summed E-state index contributed by atoms with van der Waals surface area (Å²) >= 11 is 0. The van der Waals surface area contributed by atoms with Gasteiger partial charge in [-0.3, -0.25) is 9.80 Å². The highest BCUT2D eigenvalue weighted by molar-refractivity contribution is 5.24. The van der Waals surface area contributed by atoms with E-state index in [0.717, 1.165) is 45.3 Å². The van der Waals surface area contributed by atoms with Gasteiger partial charge in [-0.05, 0) is 24.2 Å². The smallest absolute Gasteiger partial charge is 0.126 e. The zero-order valence-electron chi connectivity index (χ0n) is 11.8. The van der Waals surface area contributed by atoms with Crippen molar-refractivity contribution in [2.75, 3.05) is 39.3 Å². The first kappa shape index (κ1) is 13.9. The summed E-state index contributed by atoms with van der Waals surface area (Å²) in [6.07, 6.45) is 0. The number of likely N-dealkylation sites (N-methyl/N-ethyl adjacent to an activating group) is 1. The van der Waals surface area contributed by atoms with Crippen LogP contribution in [-0.2, 0) is 0 Å². The van der Waals surface area contributed by atoms with E-state index in [1.807, 2.05) is 6.92 Å². The summed E-state index contributed by atoms with van der Waals surface area (Å²) in [6.45, 7) is 8.08. The van der Waals surface area contributed by atoms with Crippen LogP contribution in [-0.4, -0.2) is 55.1 Å². The molecule has 1 N–H and O–H groups in total. The number of fused-ring (bicyclic) bond motifs is 3. The van der Waals surface area contributed by atoms with Crippen LogP contribution in [0.15, 0.2) is 18.2 Å². The van der Waals surface area contributed by atoms with Crippen LogP contribution in [0.3, 0.4) is 0 Å². The van der Waals surface area contributed by atoms with Gasteiger partial charge in [0.15, 0.2) is 0 Å². The van der Waals surface area contributed by atoms with Gasteiger partial charge < -0.3 is 5.32 Å². The molecule has 0 saturated carbocycles. The fourth-order valence-corrected chi connectivity index (χ4v) is 3.42. The zero-order valence-corrected chi connectivity index (χ0v) is 11.8. The van der Waals surface area contributed by atoms with Crippen LogP contribution in [0, 0.1) is 11.6 Å². The third-order valence-corrected chi connectivity index (χ3v) is 4.37. The number of piperazine rings is 3. The average molecular weight is 281 g/mol. The Balaban J connectivity index is 1.88. The topological polar surface area (TPSA) is 18.5 Å². The molecule has 5 heteroatoms. The first-order valence-electron chi connectivity index (χ1n) is 7.33. The van der Waals surface area contributed by atoms with Gasteiger partial charge in [-0.15, -0.1) is 0 Å². The molecular weight excluding hydrogens is 260 g/mol. The van der Waals surface area contributed by atoms with E-state index in [0.29, 0.717) is 11.6 Å². The minimum atomic E-state index is -0.501. The van der Waals surface area contributed by atoms with Gasteiger partial charge in [0, 0.05) is 50.9 Å². The van der Waals surface area contributed by atoms with Crippen molar-refractivity contribution in [1.82, 2.24) is 15.1 Å². The van der Waals surface area contributed by atoms with Crippen LogP contribution in [0.1, 0.15) is 18.5 Å². The molecule has 3 nitrogen and oxygen atoms in total. The number of hydrogen-bond acceptors (Lipinski definition) is 3. The monoisotopic (exact) mass is 281 g/mol. The van der Waals surface area contributed by atoms with E-state index in [1.54, 1.807) is 0 Å². The standard InChI is InChI=1S/C15H21F2N3/c1-2-18-15(11-7-12(16)9-13(17)8-11)14-10-19-3-5-20(14)6-4-19/h7-9,14-15,18H,2-6,10H2,1H3. The van der Waals surface area contributed by atoms with Crippen molar-refractivity contribution >= 4 is 0 Å². The summed E-state index contributed by atoms with van der Waals surface area (Å²) in [5.41, 5.74) is 0.711. The zero-order chi connectivity index (χ0) is 14.1. The number of hydrogen-bond donors (Lipinski definition) is 1. The Bertz CT molecular complexity index is 452. The maximum atomic E-state index is 13.5. The lowest BCUT2D eigenvalue weighted by atomic mass is 9.93. The molecule has 20 heavy (non-hydrogen) atoms. The first-order valence-corrected chi connectivity index (χ1v) is 7.33. The van der Waals surface area contributed by atoms with Gasteiger partial charge >= 0.3 is 0 Å². The molecule has 4 rings (SSSR count). The second-order valence-corrected chi connectivity index (χ2v) is 5.64. The number of nitrogens with one attached hydrogen (secondary N) is 1. The lowest BCUT2D eigenvalue weighted by molar-refractivity contribution is -0.00350. The maximum absolute atomic E-state index is 13.5. The van der Waals surface area contributed by atoms with Crippen molar-refractivity contribution in [2.45, 2.75) is 19.0 Å². The van der Waals surface area contributed by atoms with Gasteiger partial charge in [-0.1, -0.05) is 6.92 Å². The Kier molecular flexibility index (Phi) is 4.01. The van der Waals surface area contributed by atoms with Gasteiger partial charge in [0.1, 0.15) is 11.6 Å². The molecule has 3 saturated heterocycles. The summed E-state index contributed by atoms with van der Waals surface area (Å²) < 4.78 is 27.0.